The minimum atomic E-state index is -0.178. The standard InChI is InChI=1S/C14H16Cl2N2O/c15-11-7-10(8-12(16)13(11)17)14(19)18-6-5-9-3-1-2-4-9/h3,7-8H,1-2,4-6,17H2,(H,18,19). The second-order valence-corrected chi connectivity index (χ2v) is 5.43. The number of carbonyl (C=O) groups is 1. The van der Waals surface area contributed by atoms with Gasteiger partial charge in [-0.2, -0.15) is 0 Å². The molecule has 0 atom stereocenters. The third-order valence-corrected chi connectivity index (χ3v) is 3.83. The zero-order valence-corrected chi connectivity index (χ0v) is 12.0. The average molecular weight is 299 g/mol. The van der Waals surface area contributed by atoms with Crippen molar-refractivity contribution in [2.24, 2.45) is 0 Å². The van der Waals surface area contributed by atoms with Gasteiger partial charge in [0.2, 0.25) is 0 Å². The summed E-state index contributed by atoms with van der Waals surface area (Å²) in [5, 5.41) is 3.47. The van der Waals surface area contributed by atoms with Gasteiger partial charge in [0.1, 0.15) is 0 Å². The lowest BCUT2D eigenvalue weighted by Gasteiger charge is -2.08. The number of hydrogen-bond acceptors (Lipinski definition) is 2. The van der Waals surface area contributed by atoms with E-state index in [9.17, 15) is 4.79 Å². The van der Waals surface area contributed by atoms with E-state index in [0.29, 0.717) is 27.8 Å². The number of nitrogens with one attached hydrogen (secondary N) is 1. The number of benzene rings is 1. The highest BCUT2D eigenvalue weighted by Crippen LogP contribution is 2.28. The summed E-state index contributed by atoms with van der Waals surface area (Å²) in [5.41, 5.74) is 7.79. The third-order valence-electron chi connectivity index (χ3n) is 3.21. The number of anilines is 1. The normalized spacial score (nSPS) is 14.3. The van der Waals surface area contributed by atoms with E-state index in [1.165, 1.54) is 24.1 Å². The van der Waals surface area contributed by atoms with E-state index in [1.54, 1.807) is 0 Å². The molecule has 2 rings (SSSR count). The van der Waals surface area contributed by atoms with Crippen LogP contribution in [0.25, 0.3) is 0 Å². The van der Waals surface area contributed by atoms with Crippen molar-refractivity contribution in [2.45, 2.75) is 25.7 Å². The summed E-state index contributed by atoms with van der Waals surface area (Å²) in [6.45, 7) is 0.629. The summed E-state index contributed by atoms with van der Waals surface area (Å²) in [5.74, 6) is -0.178. The van der Waals surface area contributed by atoms with Crippen molar-refractivity contribution in [1.82, 2.24) is 5.32 Å². The van der Waals surface area contributed by atoms with Gasteiger partial charge in [-0.15, -0.1) is 0 Å². The molecule has 3 nitrogen and oxygen atoms in total. The fourth-order valence-electron chi connectivity index (χ4n) is 2.12. The molecule has 102 valence electrons. The highest BCUT2D eigenvalue weighted by Gasteiger charge is 2.11. The van der Waals surface area contributed by atoms with Crippen molar-refractivity contribution in [3.05, 3.63) is 39.4 Å². The molecule has 0 radical (unpaired) electrons. The maximum Gasteiger partial charge on any atom is 0.251 e. The Labute approximate surface area is 122 Å². The number of halogens is 2. The Morgan fingerprint density at radius 1 is 1.32 bits per heavy atom. The van der Waals surface area contributed by atoms with Crippen LogP contribution in [-0.2, 0) is 0 Å². The van der Waals surface area contributed by atoms with Gasteiger partial charge in [0.25, 0.3) is 5.91 Å². The highest BCUT2D eigenvalue weighted by atomic mass is 35.5. The molecule has 0 unspecified atom stereocenters. The van der Waals surface area contributed by atoms with E-state index in [-0.39, 0.29) is 5.91 Å². The van der Waals surface area contributed by atoms with Gasteiger partial charge >= 0.3 is 0 Å². The first-order valence-corrected chi connectivity index (χ1v) is 7.04. The Morgan fingerprint density at radius 3 is 2.58 bits per heavy atom. The molecule has 1 aliphatic rings. The lowest BCUT2D eigenvalue weighted by Crippen LogP contribution is -2.24. The molecule has 0 aromatic heterocycles. The molecule has 0 aliphatic heterocycles. The van der Waals surface area contributed by atoms with Crippen LogP contribution in [0, 0.1) is 0 Å². The molecule has 1 aliphatic carbocycles. The molecule has 0 spiro atoms. The Kier molecular flexibility index (Phi) is 4.72. The van der Waals surface area contributed by atoms with E-state index in [4.69, 9.17) is 28.9 Å². The summed E-state index contributed by atoms with van der Waals surface area (Å²) in [4.78, 5) is 11.9. The van der Waals surface area contributed by atoms with E-state index in [0.717, 1.165) is 19.3 Å². The SMILES string of the molecule is Nc1c(Cl)cc(C(=O)NCCC2=CCCC2)cc1Cl. The molecular weight excluding hydrogens is 283 g/mol. The first kappa shape index (κ1) is 14.2. The molecule has 3 N–H and O–H groups in total. The van der Waals surface area contributed by atoms with Crippen molar-refractivity contribution >= 4 is 34.8 Å². The quantitative estimate of drug-likeness (QED) is 0.656. The topological polar surface area (TPSA) is 55.1 Å². The van der Waals surface area contributed by atoms with Gasteiger partial charge in [0.05, 0.1) is 15.7 Å². The smallest absolute Gasteiger partial charge is 0.251 e. The Hall–Kier alpha value is -1.19. The van der Waals surface area contributed by atoms with Crippen LogP contribution in [0.4, 0.5) is 5.69 Å². The Bertz CT molecular complexity index is 503. The van der Waals surface area contributed by atoms with Crippen molar-refractivity contribution in [3.63, 3.8) is 0 Å². The van der Waals surface area contributed by atoms with Gasteiger partial charge in [-0.25, -0.2) is 0 Å². The van der Waals surface area contributed by atoms with Crippen LogP contribution in [0.15, 0.2) is 23.8 Å². The number of nitrogen functional groups attached to an aromatic ring is 1. The van der Waals surface area contributed by atoms with Gasteiger partial charge in [0, 0.05) is 12.1 Å². The highest BCUT2D eigenvalue weighted by molar-refractivity contribution is 6.39. The van der Waals surface area contributed by atoms with Gasteiger partial charge in [0.15, 0.2) is 0 Å². The maximum absolute atomic E-state index is 11.9. The molecule has 0 fully saturated rings. The van der Waals surface area contributed by atoms with Gasteiger partial charge < -0.3 is 11.1 Å². The van der Waals surface area contributed by atoms with Crippen LogP contribution in [0.1, 0.15) is 36.0 Å². The van der Waals surface area contributed by atoms with Crippen molar-refractivity contribution in [2.75, 3.05) is 12.3 Å². The van der Waals surface area contributed by atoms with Crippen LogP contribution in [0.3, 0.4) is 0 Å². The third kappa shape index (κ3) is 3.64. The van der Waals surface area contributed by atoms with E-state index >= 15 is 0 Å². The molecule has 1 aromatic carbocycles. The first-order valence-electron chi connectivity index (χ1n) is 6.28. The maximum atomic E-state index is 11.9. The summed E-state index contributed by atoms with van der Waals surface area (Å²) in [6.07, 6.45) is 6.69. The average Bonchev–Trinajstić information content (AvgIpc) is 2.88. The molecule has 0 saturated heterocycles. The predicted molar refractivity (Wildman–Crippen MR) is 79.8 cm³/mol. The zero-order valence-electron chi connectivity index (χ0n) is 10.5. The molecule has 5 heteroatoms. The number of amides is 1. The Morgan fingerprint density at radius 2 is 2.00 bits per heavy atom. The summed E-state index contributed by atoms with van der Waals surface area (Å²) in [6, 6.07) is 3.07. The lowest BCUT2D eigenvalue weighted by molar-refractivity contribution is 0.0954. The second kappa shape index (κ2) is 6.31. The fraction of sp³-hybridized carbons (Fsp3) is 0.357. The summed E-state index contributed by atoms with van der Waals surface area (Å²) in [7, 11) is 0. The summed E-state index contributed by atoms with van der Waals surface area (Å²) < 4.78 is 0. The predicted octanol–water partition coefficient (Wildman–Crippen LogP) is 3.81. The van der Waals surface area contributed by atoms with Crippen molar-refractivity contribution in [1.29, 1.82) is 0 Å². The zero-order chi connectivity index (χ0) is 13.8. The second-order valence-electron chi connectivity index (χ2n) is 4.61. The molecule has 1 amide bonds. The van der Waals surface area contributed by atoms with Crippen LogP contribution >= 0.6 is 23.2 Å². The van der Waals surface area contributed by atoms with Gasteiger partial charge in [-0.3, -0.25) is 4.79 Å². The van der Waals surface area contributed by atoms with E-state index in [1.807, 2.05) is 0 Å². The summed E-state index contributed by atoms with van der Waals surface area (Å²) >= 11 is 11.8. The minimum absolute atomic E-state index is 0.178. The van der Waals surface area contributed by atoms with Crippen LogP contribution < -0.4 is 11.1 Å². The minimum Gasteiger partial charge on any atom is -0.396 e. The van der Waals surface area contributed by atoms with E-state index < -0.39 is 0 Å². The lowest BCUT2D eigenvalue weighted by atomic mass is 10.1. The molecule has 19 heavy (non-hydrogen) atoms. The van der Waals surface area contributed by atoms with Gasteiger partial charge in [-0.05, 0) is 37.8 Å². The molecule has 1 aromatic rings. The molecular formula is C14H16Cl2N2O. The Balaban J connectivity index is 1.92. The molecule has 0 heterocycles. The first-order chi connectivity index (χ1) is 9.08. The van der Waals surface area contributed by atoms with Gasteiger partial charge in [-0.1, -0.05) is 34.9 Å². The van der Waals surface area contributed by atoms with Crippen LogP contribution in [-0.4, -0.2) is 12.5 Å². The number of rotatable bonds is 4. The van der Waals surface area contributed by atoms with Crippen LogP contribution in [0.5, 0.6) is 0 Å². The van der Waals surface area contributed by atoms with Crippen LogP contribution in [0.2, 0.25) is 10.0 Å². The van der Waals surface area contributed by atoms with Crippen molar-refractivity contribution in [3.8, 4) is 0 Å². The van der Waals surface area contributed by atoms with Crippen molar-refractivity contribution < 1.29 is 4.79 Å². The monoisotopic (exact) mass is 298 g/mol. The molecule has 0 saturated carbocycles. The fourth-order valence-corrected chi connectivity index (χ4v) is 2.61. The number of nitrogens with two attached hydrogens (primary N) is 1. The van der Waals surface area contributed by atoms with E-state index in [2.05, 4.69) is 11.4 Å². The number of hydrogen-bond donors (Lipinski definition) is 2. The number of allylic oxidation sites excluding steroid dienone is 1. The largest absolute Gasteiger partial charge is 0.396 e. The number of carbonyl (C=O) groups excluding carboxylic acids is 1. The molecule has 0 bridgehead atoms.